The summed E-state index contributed by atoms with van der Waals surface area (Å²) in [6.07, 6.45) is 3.23. The lowest BCUT2D eigenvalue weighted by atomic mass is 10.2. The number of hydrogen-bond acceptors (Lipinski definition) is 10. The maximum atomic E-state index is 13.5. The molecular formula is C17H21BrFN7O3S. The SMILES string of the molecule is CSCCNc1nonc1C(=Nc1ccc(F)c(Br)c1)NOC(=O)C(C)C.N#CN. The monoisotopic (exact) mass is 501 g/mol. The van der Waals surface area contributed by atoms with E-state index in [4.69, 9.17) is 14.7 Å². The molecule has 2 aromatic rings. The van der Waals surface area contributed by atoms with Gasteiger partial charge in [0.2, 0.25) is 5.82 Å². The number of benzene rings is 1. The Bertz CT molecular complexity index is 902. The van der Waals surface area contributed by atoms with Gasteiger partial charge in [0.1, 0.15) is 5.82 Å². The van der Waals surface area contributed by atoms with Gasteiger partial charge in [0.05, 0.1) is 16.1 Å². The summed E-state index contributed by atoms with van der Waals surface area (Å²) in [6, 6.07) is 4.22. The van der Waals surface area contributed by atoms with Crippen molar-refractivity contribution in [1.82, 2.24) is 15.8 Å². The number of nitrogens with zero attached hydrogens (tertiary/aromatic N) is 4. The molecule has 0 atom stereocenters. The lowest BCUT2D eigenvalue weighted by Gasteiger charge is -2.11. The molecule has 1 aromatic carbocycles. The molecule has 0 aliphatic rings. The number of halogens is 2. The van der Waals surface area contributed by atoms with E-state index in [2.05, 4.69) is 47.8 Å². The van der Waals surface area contributed by atoms with E-state index in [9.17, 15) is 9.18 Å². The molecule has 0 spiro atoms. The molecule has 1 aromatic heterocycles. The number of nitriles is 1. The van der Waals surface area contributed by atoms with Crippen molar-refractivity contribution >= 4 is 51.0 Å². The second-order valence-electron chi connectivity index (χ2n) is 5.75. The maximum Gasteiger partial charge on any atom is 0.334 e. The van der Waals surface area contributed by atoms with E-state index in [0.717, 1.165) is 5.75 Å². The van der Waals surface area contributed by atoms with Gasteiger partial charge in [-0.1, -0.05) is 13.8 Å². The zero-order valence-corrected chi connectivity index (χ0v) is 18.9. The molecule has 162 valence electrons. The number of hydroxylamine groups is 1. The van der Waals surface area contributed by atoms with Crippen LogP contribution in [-0.2, 0) is 9.63 Å². The minimum atomic E-state index is -0.476. The van der Waals surface area contributed by atoms with Crippen molar-refractivity contribution in [3.05, 3.63) is 34.2 Å². The average molecular weight is 502 g/mol. The fourth-order valence-corrected chi connectivity index (χ4v) is 2.43. The smallest absolute Gasteiger partial charge is 0.334 e. The Kier molecular flexibility index (Phi) is 11.2. The van der Waals surface area contributed by atoms with E-state index in [1.54, 1.807) is 25.6 Å². The number of nitrogens with two attached hydrogens (primary N) is 1. The summed E-state index contributed by atoms with van der Waals surface area (Å²) < 4.78 is 18.5. The minimum absolute atomic E-state index is 0.0930. The van der Waals surface area contributed by atoms with Crippen LogP contribution in [0.4, 0.5) is 15.9 Å². The predicted molar refractivity (Wildman–Crippen MR) is 115 cm³/mol. The van der Waals surface area contributed by atoms with Crippen molar-refractivity contribution in [2.45, 2.75) is 13.8 Å². The Hall–Kier alpha value is -2.85. The van der Waals surface area contributed by atoms with Gasteiger partial charge in [0.15, 0.2) is 17.7 Å². The Morgan fingerprint density at radius 3 is 2.80 bits per heavy atom. The van der Waals surface area contributed by atoms with Crippen LogP contribution in [0, 0.1) is 23.2 Å². The molecule has 1 heterocycles. The molecule has 10 nitrogen and oxygen atoms in total. The zero-order chi connectivity index (χ0) is 22.5. The van der Waals surface area contributed by atoms with Gasteiger partial charge in [-0.15, -0.1) is 0 Å². The molecule has 0 amide bonds. The summed E-state index contributed by atoms with van der Waals surface area (Å²) in [4.78, 5) is 21.2. The van der Waals surface area contributed by atoms with Crippen LogP contribution in [0.15, 0.2) is 32.3 Å². The van der Waals surface area contributed by atoms with Gasteiger partial charge < -0.3 is 15.9 Å². The van der Waals surface area contributed by atoms with Gasteiger partial charge in [0.25, 0.3) is 0 Å². The minimum Gasteiger partial charge on any atom is -0.364 e. The first-order valence-corrected chi connectivity index (χ1v) is 10.7. The molecule has 0 aliphatic heterocycles. The Labute approximate surface area is 185 Å². The number of nitrogens with one attached hydrogen (secondary N) is 2. The van der Waals surface area contributed by atoms with Crippen LogP contribution < -0.4 is 16.5 Å². The summed E-state index contributed by atoms with van der Waals surface area (Å²) in [5.41, 5.74) is 7.29. The van der Waals surface area contributed by atoms with E-state index in [1.165, 1.54) is 24.4 Å². The second-order valence-corrected chi connectivity index (χ2v) is 7.59. The molecule has 0 unspecified atom stereocenters. The third kappa shape index (κ3) is 8.26. The van der Waals surface area contributed by atoms with E-state index < -0.39 is 11.8 Å². The quantitative estimate of drug-likeness (QED) is 0.129. The summed E-state index contributed by atoms with van der Waals surface area (Å²) in [5, 5.41) is 17.8. The number of aliphatic imine (C=N–C) groups is 1. The summed E-state index contributed by atoms with van der Waals surface area (Å²) >= 11 is 4.77. The molecule has 0 aliphatic carbocycles. The van der Waals surface area contributed by atoms with Gasteiger partial charge in [-0.3, -0.25) is 0 Å². The Balaban J connectivity index is 0.00000141. The normalized spacial score (nSPS) is 10.6. The van der Waals surface area contributed by atoms with E-state index in [0.29, 0.717) is 18.1 Å². The Morgan fingerprint density at radius 1 is 1.50 bits per heavy atom. The number of thioether (sulfide) groups is 1. The summed E-state index contributed by atoms with van der Waals surface area (Å²) in [5.74, 6) is 0.0498. The molecule has 4 N–H and O–H groups in total. The van der Waals surface area contributed by atoms with Crippen LogP contribution in [0.1, 0.15) is 19.5 Å². The molecule has 0 saturated carbocycles. The van der Waals surface area contributed by atoms with Gasteiger partial charge in [-0.25, -0.2) is 18.8 Å². The molecule has 0 radical (unpaired) electrons. The van der Waals surface area contributed by atoms with Crippen molar-refractivity contribution in [3.63, 3.8) is 0 Å². The molecule has 2 rings (SSSR count). The van der Waals surface area contributed by atoms with Gasteiger partial charge in [-0.05, 0) is 50.7 Å². The number of carbonyl (C=O) groups excluding carboxylic acids is 1. The second kappa shape index (κ2) is 13.4. The standard InChI is InChI=1S/C16H19BrFN5O3S.CH2N2/c1-9(2)16(24)25-22-15(20-10-4-5-12(18)11(17)8-10)13-14(23-26-21-13)19-6-7-27-3;2-1-3/h4-5,8-9H,6-7H2,1-3H3,(H,19,23)(H,20,22);2H2. The predicted octanol–water partition coefficient (Wildman–Crippen LogP) is 2.95. The summed E-state index contributed by atoms with van der Waals surface area (Å²) in [7, 11) is 0. The summed E-state index contributed by atoms with van der Waals surface area (Å²) in [6.45, 7) is 4.03. The van der Waals surface area contributed by atoms with Crippen LogP contribution in [0.25, 0.3) is 0 Å². The maximum absolute atomic E-state index is 13.5. The number of carbonyl (C=O) groups is 1. The molecule has 13 heteroatoms. The average Bonchev–Trinajstić information content (AvgIpc) is 3.16. The topological polar surface area (TPSA) is 151 Å². The number of amidine groups is 1. The largest absolute Gasteiger partial charge is 0.364 e. The van der Waals surface area contributed by atoms with Crippen molar-refractivity contribution in [2.24, 2.45) is 16.6 Å². The third-order valence-corrected chi connectivity index (χ3v) is 4.40. The van der Waals surface area contributed by atoms with E-state index in [1.807, 2.05) is 6.26 Å². The highest BCUT2D eigenvalue weighted by Gasteiger charge is 2.19. The third-order valence-electron chi connectivity index (χ3n) is 3.18. The molecule has 0 fully saturated rings. The number of aromatic nitrogens is 2. The van der Waals surface area contributed by atoms with Crippen molar-refractivity contribution < 1.29 is 18.7 Å². The molecule has 0 saturated heterocycles. The van der Waals surface area contributed by atoms with Crippen LogP contribution >= 0.6 is 27.7 Å². The van der Waals surface area contributed by atoms with Crippen molar-refractivity contribution in [3.8, 4) is 6.19 Å². The van der Waals surface area contributed by atoms with Crippen LogP contribution in [0.3, 0.4) is 0 Å². The van der Waals surface area contributed by atoms with Gasteiger partial charge in [-0.2, -0.15) is 22.5 Å². The number of rotatable bonds is 7. The van der Waals surface area contributed by atoms with E-state index in [-0.39, 0.29) is 21.9 Å². The lowest BCUT2D eigenvalue weighted by Crippen LogP contribution is -2.30. The number of anilines is 1. The van der Waals surface area contributed by atoms with Crippen LogP contribution in [0.2, 0.25) is 0 Å². The fourth-order valence-electron chi connectivity index (χ4n) is 1.76. The Morgan fingerprint density at radius 2 is 2.20 bits per heavy atom. The highest BCUT2D eigenvalue weighted by molar-refractivity contribution is 9.10. The van der Waals surface area contributed by atoms with Crippen LogP contribution in [-0.4, -0.2) is 40.7 Å². The van der Waals surface area contributed by atoms with Crippen molar-refractivity contribution in [1.29, 1.82) is 5.26 Å². The molecule has 30 heavy (non-hydrogen) atoms. The highest BCUT2D eigenvalue weighted by atomic mass is 79.9. The fraction of sp³-hybridized carbons (Fsp3) is 0.353. The zero-order valence-electron chi connectivity index (χ0n) is 16.5. The first-order valence-electron chi connectivity index (χ1n) is 8.49. The lowest BCUT2D eigenvalue weighted by molar-refractivity contribution is -0.151. The molecule has 0 bridgehead atoms. The molecular weight excluding hydrogens is 481 g/mol. The van der Waals surface area contributed by atoms with Gasteiger partial charge in [0, 0.05) is 12.3 Å². The van der Waals surface area contributed by atoms with Crippen LogP contribution in [0.5, 0.6) is 0 Å². The highest BCUT2D eigenvalue weighted by Crippen LogP contribution is 2.23. The first kappa shape index (κ1) is 25.2. The van der Waals surface area contributed by atoms with Crippen molar-refractivity contribution in [2.75, 3.05) is 23.9 Å². The van der Waals surface area contributed by atoms with E-state index >= 15 is 0 Å². The first-order chi connectivity index (χ1) is 14.3. The number of hydrogen-bond donors (Lipinski definition) is 3. The van der Waals surface area contributed by atoms with Gasteiger partial charge >= 0.3 is 5.97 Å².